The molecule has 0 spiro atoms. The molecule has 100 valence electrons. The lowest BCUT2D eigenvalue weighted by molar-refractivity contribution is 0.249. The smallest absolute Gasteiger partial charge is 0.128 e. The van der Waals surface area contributed by atoms with Gasteiger partial charge < -0.3 is 14.8 Å². The van der Waals surface area contributed by atoms with Gasteiger partial charge in [-0.15, -0.1) is 0 Å². The molecule has 0 amide bonds. The molecule has 3 heteroatoms. The number of nitrogens with one attached hydrogen (secondary N) is 1. The molecule has 0 aromatic heterocycles. The molecule has 18 heavy (non-hydrogen) atoms. The summed E-state index contributed by atoms with van der Waals surface area (Å²) >= 11 is 0. The Morgan fingerprint density at radius 3 is 2.61 bits per heavy atom. The van der Waals surface area contributed by atoms with Crippen LogP contribution in [0.4, 0.5) is 0 Å². The first kappa shape index (κ1) is 13.2. The molecule has 1 aromatic carbocycles. The van der Waals surface area contributed by atoms with Gasteiger partial charge in [0.05, 0.1) is 13.7 Å². The van der Waals surface area contributed by atoms with E-state index in [9.17, 15) is 0 Å². The van der Waals surface area contributed by atoms with Crippen LogP contribution < -0.4 is 14.8 Å². The molecule has 0 fully saturated rings. The lowest BCUT2D eigenvalue weighted by Crippen LogP contribution is -2.26. The van der Waals surface area contributed by atoms with Crippen LogP contribution in [0.3, 0.4) is 0 Å². The monoisotopic (exact) mass is 249 g/mol. The molecule has 2 rings (SSSR count). The largest absolute Gasteiger partial charge is 0.497 e. The summed E-state index contributed by atoms with van der Waals surface area (Å²) in [6.07, 6.45) is 1.00. The molecule has 0 bridgehead atoms. The van der Waals surface area contributed by atoms with Crippen molar-refractivity contribution in [3.63, 3.8) is 0 Å². The molecule has 1 heterocycles. The van der Waals surface area contributed by atoms with Crippen molar-refractivity contribution >= 4 is 0 Å². The zero-order valence-electron chi connectivity index (χ0n) is 12.0. The van der Waals surface area contributed by atoms with Crippen LogP contribution in [0.2, 0.25) is 0 Å². The number of ether oxygens (including phenoxy) is 2. The molecule has 0 radical (unpaired) electrons. The first-order chi connectivity index (χ1) is 8.47. The number of methoxy groups -OCH3 is 1. The second-order valence-electron chi connectivity index (χ2n) is 5.82. The van der Waals surface area contributed by atoms with Crippen molar-refractivity contribution in [1.29, 1.82) is 0 Å². The highest BCUT2D eigenvalue weighted by Gasteiger charge is 2.28. The van der Waals surface area contributed by atoms with Crippen LogP contribution in [0.5, 0.6) is 11.5 Å². The fraction of sp³-hybridized carbons (Fsp3) is 0.600. The van der Waals surface area contributed by atoms with Crippen molar-refractivity contribution in [3.8, 4) is 11.5 Å². The van der Waals surface area contributed by atoms with Crippen molar-refractivity contribution in [2.45, 2.75) is 38.6 Å². The van der Waals surface area contributed by atoms with E-state index in [0.717, 1.165) is 24.5 Å². The van der Waals surface area contributed by atoms with Gasteiger partial charge in [-0.05, 0) is 24.6 Å². The summed E-state index contributed by atoms with van der Waals surface area (Å²) in [5.41, 5.74) is 2.48. The van der Waals surface area contributed by atoms with E-state index < -0.39 is 0 Å². The highest BCUT2D eigenvalue weighted by Crippen LogP contribution is 2.42. The predicted molar refractivity (Wildman–Crippen MR) is 73.6 cm³/mol. The number of hydrogen-bond donors (Lipinski definition) is 1. The molecule has 1 aliphatic heterocycles. The van der Waals surface area contributed by atoms with Crippen LogP contribution >= 0.6 is 0 Å². The maximum absolute atomic E-state index is 5.92. The van der Waals surface area contributed by atoms with Crippen LogP contribution in [-0.2, 0) is 5.41 Å². The maximum Gasteiger partial charge on any atom is 0.128 e. The lowest BCUT2D eigenvalue weighted by atomic mass is 9.83. The highest BCUT2D eigenvalue weighted by molar-refractivity contribution is 5.52. The first-order valence-corrected chi connectivity index (χ1v) is 6.50. The van der Waals surface area contributed by atoms with Gasteiger partial charge >= 0.3 is 0 Å². The van der Waals surface area contributed by atoms with Gasteiger partial charge in [0.2, 0.25) is 0 Å². The summed E-state index contributed by atoms with van der Waals surface area (Å²) in [7, 11) is 3.71. The van der Waals surface area contributed by atoms with Crippen LogP contribution in [0.15, 0.2) is 12.1 Å². The summed E-state index contributed by atoms with van der Waals surface area (Å²) in [5, 5.41) is 3.35. The van der Waals surface area contributed by atoms with Crippen LogP contribution in [0, 0.1) is 0 Å². The third-order valence-electron chi connectivity index (χ3n) is 3.51. The van der Waals surface area contributed by atoms with Gasteiger partial charge in [-0.1, -0.05) is 20.8 Å². The standard InChI is InChI=1S/C15H23NO2/c1-15(2,3)12-9-10(17-5)8-11-13(16-4)6-7-18-14(11)12/h8-9,13,16H,6-7H2,1-5H3. The SMILES string of the molecule is CNC1CCOc2c1cc(OC)cc2C(C)(C)C. The topological polar surface area (TPSA) is 30.5 Å². The van der Waals surface area contributed by atoms with Gasteiger partial charge in [-0.2, -0.15) is 0 Å². The predicted octanol–water partition coefficient (Wildman–Crippen LogP) is 3.04. The molecule has 3 nitrogen and oxygen atoms in total. The van der Waals surface area contributed by atoms with Crippen molar-refractivity contribution in [1.82, 2.24) is 5.32 Å². The van der Waals surface area contributed by atoms with Gasteiger partial charge in [0.1, 0.15) is 11.5 Å². The summed E-state index contributed by atoms with van der Waals surface area (Å²) in [6.45, 7) is 7.38. The molecule has 1 unspecified atom stereocenters. The normalized spacial score (nSPS) is 19.1. The minimum absolute atomic E-state index is 0.0499. The average molecular weight is 249 g/mol. The maximum atomic E-state index is 5.92. The van der Waals surface area contributed by atoms with Crippen LogP contribution in [0.1, 0.15) is 44.4 Å². The van der Waals surface area contributed by atoms with E-state index in [1.807, 2.05) is 7.05 Å². The molecule has 0 saturated carbocycles. The Kier molecular flexibility index (Phi) is 3.53. The summed E-state index contributed by atoms with van der Waals surface area (Å²) in [4.78, 5) is 0. The quantitative estimate of drug-likeness (QED) is 0.874. The Bertz CT molecular complexity index is 435. The molecular formula is C15H23NO2. The van der Waals surface area contributed by atoms with E-state index in [-0.39, 0.29) is 5.41 Å². The van der Waals surface area contributed by atoms with Crippen molar-refractivity contribution in [2.75, 3.05) is 20.8 Å². The molecule has 0 saturated heterocycles. The van der Waals surface area contributed by atoms with E-state index in [4.69, 9.17) is 9.47 Å². The number of fused-ring (bicyclic) bond motifs is 1. The van der Waals surface area contributed by atoms with Crippen molar-refractivity contribution in [3.05, 3.63) is 23.3 Å². The van der Waals surface area contributed by atoms with Gasteiger partial charge in [0, 0.05) is 23.6 Å². The van der Waals surface area contributed by atoms with Gasteiger partial charge in [0.25, 0.3) is 0 Å². The van der Waals surface area contributed by atoms with E-state index >= 15 is 0 Å². The van der Waals surface area contributed by atoms with Gasteiger partial charge in [-0.25, -0.2) is 0 Å². The summed E-state index contributed by atoms with van der Waals surface area (Å²) in [5.74, 6) is 1.94. The van der Waals surface area contributed by atoms with E-state index in [2.05, 4.69) is 38.2 Å². The minimum atomic E-state index is 0.0499. The first-order valence-electron chi connectivity index (χ1n) is 6.50. The fourth-order valence-electron chi connectivity index (χ4n) is 2.45. The zero-order chi connectivity index (χ0) is 13.3. The molecule has 1 aromatic rings. The second-order valence-corrected chi connectivity index (χ2v) is 5.82. The lowest BCUT2D eigenvalue weighted by Gasteiger charge is -2.32. The Morgan fingerprint density at radius 1 is 1.33 bits per heavy atom. The molecule has 1 aliphatic rings. The third kappa shape index (κ3) is 2.32. The van der Waals surface area contributed by atoms with E-state index in [1.54, 1.807) is 7.11 Å². The highest BCUT2D eigenvalue weighted by atomic mass is 16.5. The minimum Gasteiger partial charge on any atom is -0.497 e. The Morgan fingerprint density at radius 2 is 2.06 bits per heavy atom. The van der Waals surface area contributed by atoms with Crippen molar-refractivity contribution < 1.29 is 9.47 Å². The Hall–Kier alpha value is -1.22. The van der Waals surface area contributed by atoms with Gasteiger partial charge in [0.15, 0.2) is 0 Å². The Balaban J connectivity index is 2.60. The number of benzene rings is 1. The summed E-state index contributed by atoms with van der Waals surface area (Å²) < 4.78 is 11.3. The van der Waals surface area contributed by atoms with Crippen LogP contribution in [0.25, 0.3) is 0 Å². The fourth-order valence-corrected chi connectivity index (χ4v) is 2.45. The third-order valence-corrected chi connectivity index (χ3v) is 3.51. The molecule has 0 aliphatic carbocycles. The molecular weight excluding hydrogens is 226 g/mol. The van der Waals surface area contributed by atoms with E-state index in [0.29, 0.717) is 6.04 Å². The second kappa shape index (κ2) is 4.81. The van der Waals surface area contributed by atoms with Gasteiger partial charge in [-0.3, -0.25) is 0 Å². The summed E-state index contributed by atoms with van der Waals surface area (Å²) in [6, 6.07) is 4.53. The Labute approximate surface area is 109 Å². The van der Waals surface area contributed by atoms with Crippen molar-refractivity contribution in [2.24, 2.45) is 0 Å². The van der Waals surface area contributed by atoms with E-state index in [1.165, 1.54) is 11.1 Å². The number of rotatable bonds is 2. The average Bonchev–Trinajstić information content (AvgIpc) is 2.35. The molecule has 1 N–H and O–H groups in total. The zero-order valence-corrected chi connectivity index (χ0v) is 12.0. The molecule has 1 atom stereocenters. The number of hydrogen-bond acceptors (Lipinski definition) is 3. The van der Waals surface area contributed by atoms with Crippen LogP contribution in [-0.4, -0.2) is 20.8 Å².